The van der Waals surface area contributed by atoms with Gasteiger partial charge in [0.2, 0.25) is 0 Å². The van der Waals surface area contributed by atoms with Gasteiger partial charge in [-0.15, -0.1) is 0 Å². The van der Waals surface area contributed by atoms with Crippen LogP contribution in [-0.4, -0.2) is 0 Å². The number of hydrogen-bond donors (Lipinski definition) is 1. The highest BCUT2D eigenvalue weighted by Crippen LogP contribution is 2.34. The molecule has 0 saturated heterocycles. The highest BCUT2D eigenvalue weighted by molar-refractivity contribution is 5.46. The van der Waals surface area contributed by atoms with Gasteiger partial charge in [-0.1, -0.05) is 78.1 Å². The molecule has 1 aromatic rings. The van der Waals surface area contributed by atoms with Crippen LogP contribution in [0.2, 0.25) is 0 Å². The number of allylic oxidation sites excluding steroid dienone is 4. The van der Waals surface area contributed by atoms with Crippen LogP contribution in [0.4, 0.5) is 0 Å². The summed E-state index contributed by atoms with van der Waals surface area (Å²) in [6, 6.07) is 6.11. The van der Waals surface area contributed by atoms with Crippen LogP contribution < -0.4 is 10.7 Å². The minimum absolute atomic E-state index is 0.132. The van der Waals surface area contributed by atoms with Gasteiger partial charge in [0, 0.05) is 5.41 Å². The Hall–Kier alpha value is -1.80. The number of benzene rings is 1. The van der Waals surface area contributed by atoms with E-state index in [0.717, 1.165) is 23.3 Å². The van der Waals surface area contributed by atoms with Gasteiger partial charge in [-0.2, -0.15) is 5.90 Å². The SMILES string of the molecule is C=C/C=C(\C=C)C(C)(C)c1ccc(ON)c(CC)c1.CC. The summed E-state index contributed by atoms with van der Waals surface area (Å²) in [5.41, 5.74) is 3.31. The molecule has 2 N–H and O–H groups in total. The van der Waals surface area contributed by atoms with Crippen LogP contribution in [0.15, 0.2) is 55.2 Å². The zero-order valence-electron chi connectivity index (χ0n) is 14.1. The zero-order chi connectivity index (χ0) is 16.5. The summed E-state index contributed by atoms with van der Waals surface area (Å²) in [6.07, 6.45) is 6.54. The molecule has 0 fully saturated rings. The first-order valence-corrected chi connectivity index (χ1v) is 7.47. The Morgan fingerprint density at radius 3 is 2.33 bits per heavy atom. The van der Waals surface area contributed by atoms with Gasteiger partial charge in [-0.25, -0.2) is 0 Å². The molecule has 0 atom stereocenters. The molecular formula is C19H29NO. The van der Waals surface area contributed by atoms with E-state index in [0.29, 0.717) is 0 Å². The van der Waals surface area contributed by atoms with Gasteiger partial charge < -0.3 is 4.84 Å². The molecule has 0 heterocycles. The molecule has 1 rings (SSSR count). The van der Waals surface area contributed by atoms with E-state index in [9.17, 15) is 0 Å². The van der Waals surface area contributed by atoms with Crippen molar-refractivity contribution in [2.75, 3.05) is 0 Å². The van der Waals surface area contributed by atoms with Crippen molar-refractivity contribution in [3.05, 3.63) is 66.3 Å². The first-order chi connectivity index (χ1) is 10.0. The monoisotopic (exact) mass is 287 g/mol. The van der Waals surface area contributed by atoms with Gasteiger partial charge in [0.05, 0.1) is 0 Å². The maximum atomic E-state index is 5.28. The van der Waals surface area contributed by atoms with Gasteiger partial charge >= 0.3 is 0 Å². The van der Waals surface area contributed by atoms with Crippen molar-refractivity contribution in [3.63, 3.8) is 0 Å². The summed E-state index contributed by atoms with van der Waals surface area (Å²) in [5.74, 6) is 6.01. The third-order valence-electron chi connectivity index (χ3n) is 3.53. The first-order valence-electron chi connectivity index (χ1n) is 7.47. The lowest BCUT2D eigenvalue weighted by Gasteiger charge is -2.28. The number of rotatable bonds is 6. The zero-order valence-corrected chi connectivity index (χ0v) is 14.1. The lowest BCUT2D eigenvalue weighted by Crippen LogP contribution is -2.20. The van der Waals surface area contributed by atoms with E-state index in [4.69, 9.17) is 10.7 Å². The topological polar surface area (TPSA) is 35.2 Å². The van der Waals surface area contributed by atoms with E-state index in [1.54, 1.807) is 6.08 Å². The Morgan fingerprint density at radius 1 is 1.29 bits per heavy atom. The van der Waals surface area contributed by atoms with Gasteiger partial charge in [-0.05, 0) is 29.2 Å². The first kappa shape index (κ1) is 19.2. The molecule has 2 heteroatoms. The van der Waals surface area contributed by atoms with Crippen molar-refractivity contribution in [1.29, 1.82) is 0 Å². The van der Waals surface area contributed by atoms with E-state index in [1.807, 2.05) is 38.1 Å². The van der Waals surface area contributed by atoms with Crippen molar-refractivity contribution >= 4 is 0 Å². The van der Waals surface area contributed by atoms with Crippen molar-refractivity contribution in [2.45, 2.75) is 46.5 Å². The molecule has 0 amide bonds. The van der Waals surface area contributed by atoms with Crippen LogP contribution in [0.5, 0.6) is 5.75 Å². The smallest absolute Gasteiger partial charge is 0.150 e. The highest BCUT2D eigenvalue weighted by Gasteiger charge is 2.24. The summed E-state index contributed by atoms with van der Waals surface area (Å²) in [4.78, 5) is 4.89. The molecule has 0 saturated carbocycles. The van der Waals surface area contributed by atoms with Gasteiger partial charge in [0.15, 0.2) is 0 Å². The maximum absolute atomic E-state index is 5.28. The van der Waals surface area contributed by atoms with Gasteiger partial charge in [0.1, 0.15) is 5.75 Å². The summed E-state index contributed by atoms with van der Waals surface area (Å²) >= 11 is 0. The quantitative estimate of drug-likeness (QED) is 0.583. The fourth-order valence-electron chi connectivity index (χ4n) is 2.18. The van der Waals surface area contributed by atoms with Crippen molar-refractivity contribution in [1.82, 2.24) is 0 Å². The van der Waals surface area contributed by atoms with E-state index in [-0.39, 0.29) is 5.41 Å². The number of aryl methyl sites for hydroxylation is 1. The standard InChI is InChI=1S/C17H23NO.C2H6/c1-6-9-14(8-3)17(4,5)15-10-11-16(19-18)13(7-2)12-15;1-2/h6,8-12H,1,3,7,18H2,2,4-5H3;1-2H3/b14-9+;. The predicted molar refractivity (Wildman–Crippen MR) is 93.5 cm³/mol. The molecule has 0 aliphatic rings. The summed E-state index contributed by atoms with van der Waals surface area (Å²) in [6.45, 7) is 18.1. The Morgan fingerprint density at radius 2 is 1.90 bits per heavy atom. The molecule has 0 bridgehead atoms. The molecule has 116 valence electrons. The molecule has 2 nitrogen and oxygen atoms in total. The lowest BCUT2D eigenvalue weighted by atomic mass is 9.76. The molecule has 0 aliphatic heterocycles. The summed E-state index contributed by atoms with van der Waals surface area (Å²) < 4.78 is 0. The fourth-order valence-corrected chi connectivity index (χ4v) is 2.18. The normalized spacial score (nSPS) is 11.2. The van der Waals surface area contributed by atoms with E-state index in [2.05, 4.69) is 40.0 Å². The Labute approximate surface area is 130 Å². The molecular weight excluding hydrogens is 258 g/mol. The average Bonchev–Trinajstić information content (AvgIpc) is 2.53. The second kappa shape index (κ2) is 9.19. The molecule has 0 aromatic heterocycles. The number of hydrogen-bond acceptors (Lipinski definition) is 2. The summed E-state index contributed by atoms with van der Waals surface area (Å²) in [7, 11) is 0. The van der Waals surface area contributed by atoms with E-state index in [1.165, 1.54) is 5.56 Å². The number of nitrogens with two attached hydrogens (primary N) is 1. The van der Waals surface area contributed by atoms with Crippen molar-refractivity contribution in [3.8, 4) is 5.75 Å². The molecule has 21 heavy (non-hydrogen) atoms. The van der Waals surface area contributed by atoms with Crippen LogP contribution in [0.1, 0.15) is 45.7 Å². The van der Waals surface area contributed by atoms with Crippen molar-refractivity contribution in [2.24, 2.45) is 5.90 Å². The molecule has 0 spiro atoms. The lowest BCUT2D eigenvalue weighted by molar-refractivity contribution is 0.330. The third-order valence-corrected chi connectivity index (χ3v) is 3.53. The minimum atomic E-state index is -0.132. The van der Waals surface area contributed by atoms with Crippen LogP contribution in [0.25, 0.3) is 0 Å². The molecule has 0 unspecified atom stereocenters. The van der Waals surface area contributed by atoms with Crippen LogP contribution in [0.3, 0.4) is 0 Å². The highest BCUT2D eigenvalue weighted by atomic mass is 16.6. The van der Waals surface area contributed by atoms with Crippen molar-refractivity contribution < 1.29 is 4.84 Å². The van der Waals surface area contributed by atoms with Crippen LogP contribution >= 0.6 is 0 Å². The van der Waals surface area contributed by atoms with Crippen LogP contribution in [-0.2, 0) is 11.8 Å². The molecule has 0 radical (unpaired) electrons. The minimum Gasteiger partial charge on any atom is -0.411 e. The van der Waals surface area contributed by atoms with Crippen LogP contribution in [0, 0.1) is 0 Å². The Bertz CT molecular complexity index is 498. The Balaban J connectivity index is 0.00000191. The second-order valence-corrected chi connectivity index (χ2v) is 4.98. The maximum Gasteiger partial charge on any atom is 0.150 e. The predicted octanol–water partition coefficient (Wildman–Crippen LogP) is 5.10. The fraction of sp³-hybridized carbons (Fsp3) is 0.368. The largest absolute Gasteiger partial charge is 0.411 e. The average molecular weight is 287 g/mol. The second-order valence-electron chi connectivity index (χ2n) is 4.98. The van der Waals surface area contributed by atoms with E-state index < -0.39 is 0 Å². The summed E-state index contributed by atoms with van der Waals surface area (Å²) in [5, 5.41) is 0. The van der Waals surface area contributed by atoms with E-state index >= 15 is 0 Å². The Kier molecular flexibility index (Phi) is 8.41. The van der Waals surface area contributed by atoms with Gasteiger partial charge in [-0.3, -0.25) is 0 Å². The molecule has 0 aliphatic carbocycles. The third kappa shape index (κ3) is 4.61. The molecule has 1 aromatic carbocycles. The van der Waals surface area contributed by atoms with Gasteiger partial charge in [0.25, 0.3) is 0 Å².